The van der Waals surface area contributed by atoms with E-state index < -0.39 is 36.3 Å². The Balaban J connectivity index is 4.73. The second-order valence-corrected chi connectivity index (χ2v) is 15.3. The molecule has 0 rings (SSSR count). The van der Waals surface area contributed by atoms with Gasteiger partial charge in [-0.15, -0.1) is 0 Å². The maximum absolute atomic E-state index is 13.3. The highest BCUT2D eigenvalue weighted by molar-refractivity contribution is 5.88. The molecule has 1 atom stereocenters. The van der Waals surface area contributed by atoms with E-state index in [4.69, 9.17) is 23.7 Å². The van der Waals surface area contributed by atoms with E-state index >= 15 is 0 Å². The highest BCUT2D eigenvalue weighted by Gasteiger charge is 2.26. The maximum atomic E-state index is 13.3. The van der Waals surface area contributed by atoms with E-state index in [0.29, 0.717) is 13.1 Å². The van der Waals surface area contributed by atoms with Gasteiger partial charge >= 0.3 is 17.9 Å². The molecule has 0 saturated heterocycles. The third kappa shape index (κ3) is 36.1. The molecule has 0 bridgehead atoms. The molecule has 2 amide bonds. The number of esters is 3. The molecule has 0 spiro atoms. The first kappa shape index (κ1) is 54.3. The molecule has 1 N–H and O–H groups in total. The average Bonchev–Trinajstić information content (AvgIpc) is 3.19. The minimum Gasteiger partial charge on any atom is -0.465 e. The van der Waals surface area contributed by atoms with Gasteiger partial charge in [0.25, 0.3) is 0 Å². The lowest BCUT2D eigenvalue weighted by molar-refractivity contribution is -0.155. The van der Waals surface area contributed by atoms with Crippen LogP contribution in [0.25, 0.3) is 0 Å². The van der Waals surface area contributed by atoms with Gasteiger partial charge < -0.3 is 33.9 Å². The summed E-state index contributed by atoms with van der Waals surface area (Å²) in [5.41, 5.74) is 0. The van der Waals surface area contributed by atoms with Crippen LogP contribution in [0.15, 0.2) is 0 Å². The van der Waals surface area contributed by atoms with Crippen LogP contribution >= 0.6 is 0 Å². The van der Waals surface area contributed by atoms with Gasteiger partial charge in [0, 0.05) is 33.7 Å². The topological polar surface area (TPSA) is 147 Å². The van der Waals surface area contributed by atoms with Crippen molar-refractivity contribution < 1.29 is 47.7 Å². The minimum atomic E-state index is -1.28. The largest absolute Gasteiger partial charge is 0.465 e. The van der Waals surface area contributed by atoms with Crippen molar-refractivity contribution >= 4 is 29.7 Å². The Morgan fingerprint density at radius 3 is 1.30 bits per heavy atom. The van der Waals surface area contributed by atoms with Gasteiger partial charge in [0.1, 0.15) is 25.9 Å². The summed E-state index contributed by atoms with van der Waals surface area (Å²) >= 11 is 0. The van der Waals surface area contributed by atoms with E-state index in [0.717, 1.165) is 25.7 Å². The fourth-order valence-electron chi connectivity index (χ4n) is 6.60. The lowest BCUT2D eigenvalue weighted by Crippen LogP contribution is -2.44. The van der Waals surface area contributed by atoms with Crippen molar-refractivity contribution in [1.29, 1.82) is 0 Å². The molecule has 0 aromatic heterocycles. The van der Waals surface area contributed by atoms with Gasteiger partial charge in [0.2, 0.25) is 11.8 Å². The van der Waals surface area contributed by atoms with Crippen molar-refractivity contribution in [2.75, 3.05) is 60.3 Å². The van der Waals surface area contributed by atoms with Gasteiger partial charge in [-0.2, -0.15) is 0 Å². The zero-order valence-corrected chi connectivity index (χ0v) is 36.9. The highest BCUT2D eigenvalue weighted by Crippen LogP contribution is 2.15. The van der Waals surface area contributed by atoms with Gasteiger partial charge in [-0.1, -0.05) is 155 Å². The van der Waals surface area contributed by atoms with Crippen LogP contribution in [0.5, 0.6) is 0 Å². The molecule has 0 saturated carbocycles. The Bertz CT molecular complexity index is 967. The molecule has 334 valence electrons. The molecule has 0 aliphatic heterocycles. The van der Waals surface area contributed by atoms with Crippen LogP contribution in [0.2, 0.25) is 0 Å². The summed E-state index contributed by atoms with van der Waals surface area (Å²) < 4.78 is 25.1. The molecule has 0 aromatic carbocycles. The van der Waals surface area contributed by atoms with Crippen LogP contribution in [0, 0.1) is 0 Å². The number of amides is 2. The van der Waals surface area contributed by atoms with Crippen molar-refractivity contribution in [2.45, 2.75) is 200 Å². The predicted molar refractivity (Wildman–Crippen MR) is 226 cm³/mol. The third-order valence-corrected chi connectivity index (χ3v) is 10.1. The van der Waals surface area contributed by atoms with E-state index in [1.54, 1.807) is 0 Å². The molecule has 0 fully saturated rings. The third-order valence-electron chi connectivity index (χ3n) is 10.1. The highest BCUT2D eigenvalue weighted by atomic mass is 16.6. The van der Waals surface area contributed by atoms with Gasteiger partial charge in [-0.3, -0.25) is 19.2 Å². The summed E-state index contributed by atoms with van der Waals surface area (Å²) in [6.45, 7) is 5.98. The number of hydrogen-bond acceptors (Lipinski definition) is 10. The normalized spacial score (nSPS) is 11.6. The van der Waals surface area contributed by atoms with Crippen molar-refractivity contribution in [3.63, 3.8) is 0 Å². The monoisotopic (exact) mass is 813 g/mol. The molecule has 0 aromatic rings. The summed E-state index contributed by atoms with van der Waals surface area (Å²) in [5.74, 6) is -2.72. The molecule has 1 unspecified atom stereocenters. The number of methoxy groups -OCH3 is 2. The fourth-order valence-corrected chi connectivity index (χ4v) is 6.60. The van der Waals surface area contributed by atoms with E-state index in [-0.39, 0.29) is 58.2 Å². The Morgan fingerprint density at radius 1 is 0.456 bits per heavy atom. The first-order valence-corrected chi connectivity index (χ1v) is 22.8. The fraction of sp³-hybridized carbons (Fsp3) is 0.889. The Labute approximate surface area is 346 Å². The number of nitrogens with zero attached hydrogens (tertiary/aromatic N) is 1. The summed E-state index contributed by atoms with van der Waals surface area (Å²) in [7, 11) is 2.92. The van der Waals surface area contributed by atoms with Crippen molar-refractivity contribution in [3.8, 4) is 0 Å². The summed E-state index contributed by atoms with van der Waals surface area (Å²) in [5, 5.41) is 2.46. The number of unbranched alkanes of at least 4 members (excludes halogenated alkanes) is 22. The first-order valence-electron chi connectivity index (χ1n) is 22.8. The summed E-state index contributed by atoms with van der Waals surface area (Å²) in [6.07, 6.45) is 29.6. The number of carbonyl (C=O) groups excluding carboxylic acids is 5. The van der Waals surface area contributed by atoms with Crippen molar-refractivity contribution in [1.82, 2.24) is 10.2 Å². The van der Waals surface area contributed by atoms with Gasteiger partial charge in [0.05, 0.1) is 32.5 Å². The van der Waals surface area contributed by atoms with E-state index in [1.807, 2.05) is 4.90 Å². The Kier molecular flexibility index (Phi) is 39.4. The van der Waals surface area contributed by atoms with Gasteiger partial charge in [-0.25, -0.2) is 4.79 Å². The molecular weight excluding hydrogens is 728 g/mol. The molecule has 0 radical (unpaired) electrons. The van der Waals surface area contributed by atoms with Crippen molar-refractivity contribution in [2.24, 2.45) is 0 Å². The number of nitrogens with one attached hydrogen (secondary N) is 1. The standard InChI is InChI=1S/C45H84N2O10/c1-5-7-9-11-13-15-17-19-21-23-25-27-32-47(33-28-26-24-22-20-18-16-14-12-10-8-6-2)42(49)29-30-43(50)55-34-31-41(48)46-40(45(52)57-38-36-54-4)39-44(51)56-37-35-53-3/h40H,5-39H2,1-4H3,(H,46,48). The summed E-state index contributed by atoms with van der Waals surface area (Å²) in [6, 6.07) is -1.28. The zero-order chi connectivity index (χ0) is 42.0. The molecular formula is C45H84N2O10. The number of rotatable bonds is 42. The maximum Gasteiger partial charge on any atom is 0.329 e. The van der Waals surface area contributed by atoms with E-state index in [2.05, 4.69) is 19.2 Å². The second kappa shape index (κ2) is 41.4. The van der Waals surface area contributed by atoms with Crippen LogP contribution in [0.1, 0.15) is 194 Å². The lowest BCUT2D eigenvalue weighted by Gasteiger charge is -2.23. The smallest absolute Gasteiger partial charge is 0.329 e. The molecule has 12 heteroatoms. The van der Waals surface area contributed by atoms with Crippen LogP contribution < -0.4 is 5.32 Å². The Morgan fingerprint density at radius 2 is 0.860 bits per heavy atom. The van der Waals surface area contributed by atoms with E-state index in [1.165, 1.54) is 143 Å². The van der Waals surface area contributed by atoms with Gasteiger partial charge in [-0.05, 0) is 12.8 Å². The number of ether oxygens (including phenoxy) is 5. The van der Waals surface area contributed by atoms with Crippen molar-refractivity contribution in [3.05, 3.63) is 0 Å². The molecule has 0 aliphatic carbocycles. The quantitative estimate of drug-likeness (QED) is 0.0360. The van der Waals surface area contributed by atoms with Crippen LogP contribution in [-0.2, 0) is 47.7 Å². The second-order valence-electron chi connectivity index (χ2n) is 15.3. The van der Waals surface area contributed by atoms with E-state index in [9.17, 15) is 24.0 Å². The van der Waals surface area contributed by atoms with Crippen LogP contribution in [-0.4, -0.2) is 101 Å². The zero-order valence-electron chi connectivity index (χ0n) is 36.9. The predicted octanol–water partition coefficient (Wildman–Crippen LogP) is 9.18. The molecule has 0 aliphatic rings. The minimum absolute atomic E-state index is 0.00371. The van der Waals surface area contributed by atoms with Gasteiger partial charge in [0.15, 0.2) is 0 Å². The summed E-state index contributed by atoms with van der Waals surface area (Å²) in [4.78, 5) is 65.1. The average molecular weight is 813 g/mol. The molecule has 57 heavy (non-hydrogen) atoms. The number of hydrogen-bond donors (Lipinski definition) is 1. The Hall–Kier alpha value is -2.73. The van der Waals surface area contributed by atoms with Crippen LogP contribution in [0.4, 0.5) is 0 Å². The lowest BCUT2D eigenvalue weighted by atomic mass is 10.0. The molecule has 12 nitrogen and oxygen atoms in total. The first-order chi connectivity index (χ1) is 27.8. The van der Waals surface area contributed by atoms with Crippen LogP contribution in [0.3, 0.4) is 0 Å². The SMILES string of the molecule is CCCCCCCCCCCCCCN(CCCCCCCCCCCCCC)C(=O)CCC(=O)OCCC(=O)NC(CC(=O)OCCOC)C(=O)OCCOC. The number of carbonyl (C=O) groups is 5. The molecule has 0 heterocycles.